The molecule has 0 bridgehead atoms. The molecule has 0 spiro atoms. The number of nitrogens with zero attached hydrogens (tertiary/aromatic N) is 2. The van der Waals surface area contributed by atoms with Crippen LogP contribution in [0.4, 0.5) is 0 Å². The summed E-state index contributed by atoms with van der Waals surface area (Å²) in [7, 11) is 1.84. The normalized spacial score (nSPS) is 12.8. The molecule has 1 N–H and O–H groups in total. The Labute approximate surface area is 100 Å². The lowest BCUT2D eigenvalue weighted by Gasteiger charge is -2.07. The number of ketones is 1. The average Bonchev–Trinajstić information content (AvgIpc) is 2.65. The third-order valence-corrected chi connectivity index (χ3v) is 3.78. The number of aliphatic hydroxyl groups excluding tert-OH is 1. The maximum Gasteiger partial charge on any atom is 0.168 e. The molecule has 1 aromatic heterocycles. The summed E-state index contributed by atoms with van der Waals surface area (Å²) in [5.41, 5.74) is 0.762. The fourth-order valence-electron chi connectivity index (χ4n) is 1.21. The lowest BCUT2D eigenvalue weighted by atomic mass is 10.1. The van der Waals surface area contributed by atoms with Gasteiger partial charge in [0.15, 0.2) is 5.16 Å². The molecule has 16 heavy (non-hydrogen) atoms. The second-order valence-electron chi connectivity index (χ2n) is 3.81. The molecule has 0 saturated carbocycles. The van der Waals surface area contributed by atoms with Crippen molar-refractivity contribution >= 4 is 17.5 Å². The standard InChI is InChI=1S/C11H18N2O2S/c1-4-8(2)10(15)7-16-11-12-5-9(6-14)13(11)3/h5,8,14H,4,6-7H2,1-3H3. The van der Waals surface area contributed by atoms with E-state index in [0.29, 0.717) is 5.75 Å². The van der Waals surface area contributed by atoms with Crippen molar-refractivity contribution in [3.63, 3.8) is 0 Å². The number of carbonyl (C=O) groups excluding carboxylic acids is 1. The second kappa shape index (κ2) is 6.06. The van der Waals surface area contributed by atoms with Crippen molar-refractivity contribution in [1.29, 1.82) is 0 Å². The molecule has 0 amide bonds. The van der Waals surface area contributed by atoms with E-state index in [1.165, 1.54) is 11.8 Å². The van der Waals surface area contributed by atoms with Gasteiger partial charge in [-0.25, -0.2) is 4.98 Å². The molecule has 4 nitrogen and oxygen atoms in total. The molecule has 1 aromatic rings. The summed E-state index contributed by atoms with van der Waals surface area (Å²) in [4.78, 5) is 15.8. The Morgan fingerprint density at radius 3 is 2.88 bits per heavy atom. The van der Waals surface area contributed by atoms with Crippen LogP contribution in [0.1, 0.15) is 26.0 Å². The predicted octanol–water partition coefficient (Wildman–Crippen LogP) is 1.62. The van der Waals surface area contributed by atoms with Crippen LogP contribution < -0.4 is 0 Å². The van der Waals surface area contributed by atoms with E-state index in [9.17, 15) is 4.79 Å². The van der Waals surface area contributed by atoms with Gasteiger partial charge in [-0.1, -0.05) is 25.6 Å². The number of thioether (sulfide) groups is 1. The number of aromatic nitrogens is 2. The van der Waals surface area contributed by atoms with Gasteiger partial charge in [-0.15, -0.1) is 0 Å². The molecule has 0 saturated heterocycles. The Bertz CT molecular complexity index is 363. The highest BCUT2D eigenvalue weighted by molar-refractivity contribution is 7.99. The van der Waals surface area contributed by atoms with Crippen LogP contribution >= 0.6 is 11.8 Å². The van der Waals surface area contributed by atoms with Crippen LogP contribution in [0.5, 0.6) is 0 Å². The summed E-state index contributed by atoms with van der Waals surface area (Å²) in [6.07, 6.45) is 2.51. The zero-order valence-electron chi connectivity index (χ0n) is 9.93. The number of Topliss-reactive ketones (excluding diaryl/α,β-unsaturated/α-hetero) is 1. The summed E-state index contributed by atoms with van der Waals surface area (Å²) < 4.78 is 1.81. The van der Waals surface area contributed by atoms with Crippen LogP contribution in [0.3, 0.4) is 0 Å². The first kappa shape index (κ1) is 13.3. The molecule has 1 atom stereocenters. The molecule has 5 heteroatoms. The third kappa shape index (κ3) is 3.09. The third-order valence-electron chi connectivity index (χ3n) is 2.71. The van der Waals surface area contributed by atoms with Gasteiger partial charge in [0.1, 0.15) is 5.78 Å². The summed E-state index contributed by atoms with van der Waals surface area (Å²) in [5.74, 6) is 0.816. The van der Waals surface area contributed by atoms with Gasteiger partial charge in [-0.2, -0.15) is 0 Å². The van der Waals surface area contributed by atoms with E-state index in [4.69, 9.17) is 5.11 Å². The number of hydrogen-bond donors (Lipinski definition) is 1. The second-order valence-corrected chi connectivity index (χ2v) is 4.76. The van der Waals surface area contributed by atoms with Crippen molar-refractivity contribution in [1.82, 2.24) is 9.55 Å². The lowest BCUT2D eigenvalue weighted by Crippen LogP contribution is -2.12. The first-order valence-electron chi connectivity index (χ1n) is 5.37. The molecule has 0 aliphatic carbocycles. The highest BCUT2D eigenvalue weighted by atomic mass is 32.2. The minimum Gasteiger partial charge on any atom is -0.390 e. The Morgan fingerprint density at radius 1 is 1.69 bits per heavy atom. The topological polar surface area (TPSA) is 55.1 Å². The zero-order chi connectivity index (χ0) is 12.1. The van der Waals surface area contributed by atoms with Crippen molar-refractivity contribution in [2.24, 2.45) is 13.0 Å². The van der Waals surface area contributed by atoms with Crippen molar-refractivity contribution < 1.29 is 9.90 Å². The Morgan fingerprint density at radius 2 is 2.38 bits per heavy atom. The smallest absolute Gasteiger partial charge is 0.168 e. The van der Waals surface area contributed by atoms with Gasteiger partial charge in [0.25, 0.3) is 0 Å². The molecular formula is C11H18N2O2S. The van der Waals surface area contributed by atoms with Crippen molar-refractivity contribution in [3.8, 4) is 0 Å². The van der Waals surface area contributed by atoms with E-state index < -0.39 is 0 Å². The van der Waals surface area contributed by atoms with Crippen LogP contribution in [-0.2, 0) is 18.4 Å². The van der Waals surface area contributed by atoms with Gasteiger partial charge in [0.05, 0.1) is 24.3 Å². The number of aliphatic hydroxyl groups is 1. The fraction of sp³-hybridized carbons (Fsp3) is 0.636. The minimum atomic E-state index is -0.0244. The Hall–Kier alpha value is -0.810. The van der Waals surface area contributed by atoms with Gasteiger partial charge in [-0.3, -0.25) is 4.79 Å². The molecule has 1 unspecified atom stereocenters. The fourth-order valence-corrected chi connectivity index (χ4v) is 2.21. The lowest BCUT2D eigenvalue weighted by molar-refractivity contribution is -0.119. The molecular weight excluding hydrogens is 224 g/mol. The highest BCUT2D eigenvalue weighted by Gasteiger charge is 2.13. The van der Waals surface area contributed by atoms with Crippen LogP contribution in [0, 0.1) is 5.92 Å². The number of hydrogen-bond acceptors (Lipinski definition) is 4. The molecule has 0 aliphatic heterocycles. The average molecular weight is 242 g/mol. The maximum absolute atomic E-state index is 11.6. The zero-order valence-corrected chi connectivity index (χ0v) is 10.8. The van der Waals surface area contributed by atoms with Gasteiger partial charge in [-0.05, 0) is 6.42 Å². The van der Waals surface area contributed by atoms with Crippen molar-refractivity contribution in [2.75, 3.05) is 5.75 Å². The van der Waals surface area contributed by atoms with E-state index in [1.54, 1.807) is 6.20 Å². The molecule has 90 valence electrons. The van der Waals surface area contributed by atoms with Crippen molar-refractivity contribution in [3.05, 3.63) is 11.9 Å². The van der Waals surface area contributed by atoms with Gasteiger partial charge in [0.2, 0.25) is 0 Å². The minimum absolute atomic E-state index is 0.0244. The van der Waals surface area contributed by atoms with E-state index >= 15 is 0 Å². The SMILES string of the molecule is CCC(C)C(=O)CSc1ncc(CO)n1C. The summed E-state index contributed by atoms with van der Waals surface area (Å²) in [5, 5.41) is 9.78. The van der Waals surface area contributed by atoms with E-state index in [0.717, 1.165) is 17.3 Å². The molecule has 0 radical (unpaired) electrons. The Kier molecular flexibility index (Phi) is 5.02. The molecule has 0 fully saturated rings. The van der Waals surface area contributed by atoms with Crippen molar-refractivity contribution in [2.45, 2.75) is 32.0 Å². The van der Waals surface area contributed by atoms with Crippen LogP contribution in [0.2, 0.25) is 0 Å². The van der Waals surface area contributed by atoms with Crippen LogP contribution in [0.15, 0.2) is 11.4 Å². The molecule has 0 aromatic carbocycles. The molecule has 0 aliphatic rings. The number of imidazole rings is 1. The van der Waals surface area contributed by atoms with Gasteiger partial charge >= 0.3 is 0 Å². The Balaban J connectivity index is 2.55. The number of carbonyl (C=O) groups is 1. The van der Waals surface area contributed by atoms with Crippen LogP contribution in [-0.4, -0.2) is 26.2 Å². The summed E-state index contributed by atoms with van der Waals surface area (Å²) >= 11 is 1.43. The maximum atomic E-state index is 11.6. The van der Waals surface area contributed by atoms with Gasteiger partial charge < -0.3 is 9.67 Å². The van der Waals surface area contributed by atoms with E-state index in [-0.39, 0.29) is 18.3 Å². The van der Waals surface area contributed by atoms with E-state index in [1.807, 2.05) is 25.5 Å². The first-order chi connectivity index (χ1) is 7.60. The molecule has 1 heterocycles. The summed E-state index contributed by atoms with van der Waals surface area (Å²) in [6, 6.07) is 0. The predicted molar refractivity (Wildman–Crippen MR) is 64.3 cm³/mol. The highest BCUT2D eigenvalue weighted by Crippen LogP contribution is 2.19. The monoisotopic (exact) mass is 242 g/mol. The molecule has 1 rings (SSSR count). The number of rotatable bonds is 6. The van der Waals surface area contributed by atoms with Crippen LogP contribution in [0.25, 0.3) is 0 Å². The van der Waals surface area contributed by atoms with E-state index in [2.05, 4.69) is 4.98 Å². The largest absolute Gasteiger partial charge is 0.390 e. The quantitative estimate of drug-likeness (QED) is 0.770. The van der Waals surface area contributed by atoms with Gasteiger partial charge in [0, 0.05) is 13.0 Å². The summed E-state index contributed by atoms with van der Waals surface area (Å²) in [6.45, 7) is 3.93. The first-order valence-corrected chi connectivity index (χ1v) is 6.35.